The van der Waals surface area contributed by atoms with Crippen molar-refractivity contribution < 1.29 is 9.57 Å². The number of hydrogen-bond donors (Lipinski definition) is 0. The molecule has 0 saturated carbocycles. The fourth-order valence-electron chi connectivity index (χ4n) is 1.65. The van der Waals surface area contributed by atoms with Crippen LogP contribution in [0.15, 0.2) is 53.7 Å². The maximum absolute atomic E-state index is 5.74. The van der Waals surface area contributed by atoms with Crippen molar-refractivity contribution in [2.75, 3.05) is 7.11 Å². The fourth-order valence-corrected chi connectivity index (χ4v) is 2.03. The van der Waals surface area contributed by atoms with Gasteiger partial charge in [-0.2, -0.15) is 0 Å². The lowest BCUT2D eigenvalue weighted by Crippen LogP contribution is -1.95. The molecule has 0 spiro atoms. The van der Waals surface area contributed by atoms with Gasteiger partial charge in [-0.05, 0) is 41.0 Å². The zero-order valence-electron chi connectivity index (χ0n) is 11.3. The first-order chi connectivity index (χ1) is 9.81. The van der Waals surface area contributed by atoms with Crippen LogP contribution in [0.25, 0.3) is 0 Å². The summed E-state index contributed by atoms with van der Waals surface area (Å²) in [7, 11) is 1.52. The summed E-state index contributed by atoms with van der Waals surface area (Å²) in [6.07, 6.45) is 1.66. The third-order valence-corrected chi connectivity index (χ3v) is 3.42. The van der Waals surface area contributed by atoms with Crippen molar-refractivity contribution in [2.24, 2.45) is 5.16 Å². The monoisotopic (exact) mass is 333 g/mol. The van der Waals surface area contributed by atoms with Crippen molar-refractivity contribution in [1.29, 1.82) is 0 Å². The van der Waals surface area contributed by atoms with Gasteiger partial charge >= 0.3 is 0 Å². The Morgan fingerprint density at radius 2 is 1.65 bits per heavy atom. The number of rotatable bonds is 6. The van der Waals surface area contributed by atoms with Gasteiger partial charge in [-0.3, -0.25) is 0 Å². The summed E-state index contributed by atoms with van der Waals surface area (Å²) in [5.41, 5.74) is 3.39. The molecule has 104 valence electrons. The number of benzene rings is 2. The van der Waals surface area contributed by atoms with Gasteiger partial charge in [0.25, 0.3) is 0 Å². The van der Waals surface area contributed by atoms with Gasteiger partial charge in [-0.1, -0.05) is 45.4 Å². The van der Waals surface area contributed by atoms with Gasteiger partial charge in [-0.25, -0.2) is 0 Å². The second-order valence-corrected chi connectivity index (χ2v) is 4.79. The van der Waals surface area contributed by atoms with Crippen molar-refractivity contribution >= 4 is 22.1 Å². The standard InChI is InChI=1S/C16H16BrNO2/c1-19-18-11-14-6-8-16(9-7-14)20-12-15-4-2-13(10-17)3-5-15/h2-9,11H,10,12H2,1H3. The number of alkyl halides is 1. The molecule has 2 rings (SSSR count). The highest BCUT2D eigenvalue weighted by Gasteiger charge is 1.97. The van der Waals surface area contributed by atoms with Crippen molar-refractivity contribution in [1.82, 2.24) is 0 Å². The first-order valence-corrected chi connectivity index (χ1v) is 7.37. The predicted molar refractivity (Wildman–Crippen MR) is 84.5 cm³/mol. The van der Waals surface area contributed by atoms with E-state index in [0.717, 1.165) is 22.2 Å². The van der Waals surface area contributed by atoms with E-state index in [1.807, 2.05) is 24.3 Å². The molecule has 4 heteroatoms. The molecule has 2 aromatic carbocycles. The Hall–Kier alpha value is -1.81. The summed E-state index contributed by atoms with van der Waals surface area (Å²) in [6, 6.07) is 16.1. The van der Waals surface area contributed by atoms with E-state index in [1.165, 1.54) is 12.7 Å². The summed E-state index contributed by atoms with van der Waals surface area (Å²) in [5.74, 6) is 0.837. The highest BCUT2D eigenvalue weighted by Crippen LogP contribution is 2.14. The molecule has 0 amide bonds. The molecule has 0 aliphatic rings. The Balaban J connectivity index is 1.91. The first-order valence-electron chi connectivity index (χ1n) is 6.25. The molecule has 0 atom stereocenters. The van der Waals surface area contributed by atoms with Crippen LogP contribution in [0.5, 0.6) is 5.75 Å². The summed E-state index contributed by atoms with van der Waals surface area (Å²) < 4.78 is 5.74. The normalized spacial score (nSPS) is 10.7. The van der Waals surface area contributed by atoms with E-state index in [9.17, 15) is 0 Å². The maximum atomic E-state index is 5.74. The van der Waals surface area contributed by atoms with Gasteiger partial charge in [0.1, 0.15) is 19.5 Å². The summed E-state index contributed by atoms with van der Waals surface area (Å²) in [5, 5.41) is 4.59. The molecular weight excluding hydrogens is 318 g/mol. The van der Waals surface area contributed by atoms with Gasteiger partial charge in [0.05, 0.1) is 6.21 Å². The molecule has 20 heavy (non-hydrogen) atoms. The number of ether oxygens (including phenoxy) is 1. The SMILES string of the molecule is CON=Cc1ccc(OCc2ccc(CBr)cc2)cc1. The Bertz CT molecular complexity index is 550. The van der Waals surface area contributed by atoms with Gasteiger partial charge in [0.2, 0.25) is 0 Å². The lowest BCUT2D eigenvalue weighted by molar-refractivity contribution is 0.215. The Morgan fingerprint density at radius 3 is 2.25 bits per heavy atom. The van der Waals surface area contributed by atoms with E-state index in [-0.39, 0.29) is 0 Å². The summed E-state index contributed by atoms with van der Waals surface area (Å²) in [4.78, 5) is 4.64. The van der Waals surface area contributed by atoms with Crippen LogP contribution in [0.1, 0.15) is 16.7 Å². The van der Waals surface area contributed by atoms with Gasteiger partial charge in [0.15, 0.2) is 0 Å². The van der Waals surface area contributed by atoms with Crippen LogP contribution < -0.4 is 4.74 Å². The molecule has 0 saturated heterocycles. The average molecular weight is 334 g/mol. The number of halogens is 1. The van der Waals surface area contributed by atoms with E-state index >= 15 is 0 Å². The minimum atomic E-state index is 0.564. The topological polar surface area (TPSA) is 30.8 Å². The van der Waals surface area contributed by atoms with Crippen LogP contribution in [0, 0.1) is 0 Å². The lowest BCUT2D eigenvalue weighted by Gasteiger charge is -2.07. The average Bonchev–Trinajstić information content (AvgIpc) is 2.52. The van der Waals surface area contributed by atoms with Crippen LogP contribution in [0.3, 0.4) is 0 Å². The largest absolute Gasteiger partial charge is 0.489 e. The molecule has 0 fully saturated rings. The molecular formula is C16H16BrNO2. The summed E-state index contributed by atoms with van der Waals surface area (Å²) in [6.45, 7) is 0.564. The smallest absolute Gasteiger partial charge is 0.119 e. The minimum absolute atomic E-state index is 0.564. The quantitative estimate of drug-likeness (QED) is 0.452. The molecule has 0 heterocycles. The zero-order valence-corrected chi connectivity index (χ0v) is 12.8. The minimum Gasteiger partial charge on any atom is -0.489 e. The predicted octanol–water partition coefficient (Wildman–Crippen LogP) is 4.14. The molecule has 0 radical (unpaired) electrons. The van der Waals surface area contributed by atoms with E-state index in [4.69, 9.17) is 4.74 Å². The first kappa shape index (κ1) is 14.6. The third kappa shape index (κ3) is 4.38. The third-order valence-electron chi connectivity index (χ3n) is 2.77. The lowest BCUT2D eigenvalue weighted by atomic mass is 10.2. The molecule has 0 bridgehead atoms. The maximum Gasteiger partial charge on any atom is 0.119 e. The van der Waals surface area contributed by atoms with Gasteiger partial charge < -0.3 is 9.57 Å². The highest BCUT2D eigenvalue weighted by atomic mass is 79.9. The van der Waals surface area contributed by atoms with Crippen molar-refractivity contribution in [2.45, 2.75) is 11.9 Å². The van der Waals surface area contributed by atoms with Gasteiger partial charge in [0, 0.05) is 5.33 Å². The second-order valence-electron chi connectivity index (χ2n) is 4.22. The molecule has 0 unspecified atom stereocenters. The van der Waals surface area contributed by atoms with Crippen LogP contribution >= 0.6 is 15.9 Å². The highest BCUT2D eigenvalue weighted by molar-refractivity contribution is 9.08. The zero-order chi connectivity index (χ0) is 14.2. The van der Waals surface area contributed by atoms with Crippen LogP contribution in [0.4, 0.5) is 0 Å². The van der Waals surface area contributed by atoms with Crippen LogP contribution in [-0.2, 0) is 16.8 Å². The van der Waals surface area contributed by atoms with E-state index < -0.39 is 0 Å². The molecule has 0 N–H and O–H groups in total. The van der Waals surface area contributed by atoms with Crippen LogP contribution in [0.2, 0.25) is 0 Å². The molecule has 0 aliphatic carbocycles. The van der Waals surface area contributed by atoms with E-state index in [2.05, 4.69) is 50.2 Å². The number of oxime groups is 1. The van der Waals surface area contributed by atoms with Crippen molar-refractivity contribution in [3.63, 3.8) is 0 Å². The van der Waals surface area contributed by atoms with Gasteiger partial charge in [-0.15, -0.1) is 0 Å². The molecule has 0 aromatic heterocycles. The Labute approximate surface area is 127 Å². The molecule has 0 aliphatic heterocycles. The summed E-state index contributed by atoms with van der Waals surface area (Å²) >= 11 is 3.43. The van der Waals surface area contributed by atoms with Crippen molar-refractivity contribution in [3.8, 4) is 5.75 Å². The molecule has 3 nitrogen and oxygen atoms in total. The van der Waals surface area contributed by atoms with E-state index in [1.54, 1.807) is 6.21 Å². The van der Waals surface area contributed by atoms with Crippen LogP contribution in [-0.4, -0.2) is 13.3 Å². The molecule has 2 aromatic rings. The second kappa shape index (κ2) is 7.70. The number of nitrogens with zero attached hydrogens (tertiary/aromatic N) is 1. The fraction of sp³-hybridized carbons (Fsp3) is 0.188. The number of hydrogen-bond acceptors (Lipinski definition) is 3. The van der Waals surface area contributed by atoms with Crippen molar-refractivity contribution in [3.05, 3.63) is 65.2 Å². The van der Waals surface area contributed by atoms with E-state index in [0.29, 0.717) is 6.61 Å². The Morgan fingerprint density at radius 1 is 1.00 bits per heavy atom. The Kier molecular flexibility index (Phi) is 5.62.